The van der Waals surface area contributed by atoms with E-state index in [9.17, 15) is 28.4 Å². The number of halogens is 1. The second-order valence-electron chi connectivity index (χ2n) is 12.0. The second kappa shape index (κ2) is 17.8. The average Bonchev–Trinajstić information content (AvgIpc) is 3.01. The highest BCUT2D eigenvalue weighted by atomic mass is 19.1. The molecule has 248 valence electrons. The van der Waals surface area contributed by atoms with Crippen LogP contribution in [0, 0.1) is 24.6 Å². The van der Waals surface area contributed by atoms with Crippen LogP contribution in [0.1, 0.15) is 56.2 Å². The molecule has 1 aliphatic heterocycles. The van der Waals surface area contributed by atoms with Gasteiger partial charge in [-0.15, -0.1) is 0 Å². The van der Waals surface area contributed by atoms with Crippen molar-refractivity contribution in [1.82, 2.24) is 21.3 Å². The third kappa shape index (κ3) is 11.4. The Labute approximate surface area is 269 Å². The lowest BCUT2D eigenvalue weighted by Gasteiger charge is -2.25. The number of hydrogen-bond acceptors (Lipinski definition) is 6. The molecule has 46 heavy (non-hydrogen) atoms. The van der Waals surface area contributed by atoms with Crippen LogP contribution in [0.3, 0.4) is 0 Å². The standard InChI is InChI=1S/C35H45FN4O6/c1-22(2)32(34(44)46-4)40-35(45)39-29(19-24-11-9-10-23(3)18-24)30(41)21-26-13-7-8-17-37-31(42)16-15-27(38-33(26)43)20-25-12-5-6-14-28(25)36/h5-6,9-12,14-16,18,22,26-27,29,32H,7-8,13,17,19-21H2,1-4H3,(H,37,42)(H,38,43)(H2,39,40,45)/b16-15+/t26-,27-,29+,32+/m1/s1. The van der Waals surface area contributed by atoms with Crippen molar-refractivity contribution < 1.29 is 33.1 Å². The Morgan fingerprint density at radius 3 is 2.50 bits per heavy atom. The molecular weight excluding hydrogens is 591 g/mol. The molecule has 4 atom stereocenters. The zero-order valence-electron chi connectivity index (χ0n) is 26.9. The van der Waals surface area contributed by atoms with E-state index in [4.69, 9.17) is 4.74 Å². The van der Waals surface area contributed by atoms with Gasteiger partial charge in [0.1, 0.15) is 11.9 Å². The Hall–Kier alpha value is -4.54. The predicted molar refractivity (Wildman–Crippen MR) is 172 cm³/mol. The smallest absolute Gasteiger partial charge is 0.328 e. The molecule has 1 heterocycles. The minimum absolute atomic E-state index is 0.109. The lowest BCUT2D eigenvalue weighted by Crippen LogP contribution is -2.53. The lowest BCUT2D eigenvalue weighted by atomic mass is 9.90. The summed E-state index contributed by atoms with van der Waals surface area (Å²) < 4.78 is 19.3. The van der Waals surface area contributed by atoms with Gasteiger partial charge in [0, 0.05) is 25.0 Å². The first-order chi connectivity index (χ1) is 22.0. The fourth-order valence-corrected chi connectivity index (χ4v) is 5.36. The molecule has 0 spiro atoms. The van der Waals surface area contributed by atoms with Crippen LogP contribution in [0.2, 0.25) is 0 Å². The van der Waals surface area contributed by atoms with Crippen molar-refractivity contribution in [2.45, 2.75) is 77.4 Å². The molecular formula is C35H45FN4O6. The van der Waals surface area contributed by atoms with Gasteiger partial charge in [0.2, 0.25) is 11.8 Å². The number of nitrogens with one attached hydrogen (secondary N) is 4. The number of hydrogen-bond donors (Lipinski definition) is 4. The van der Waals surface area contributed by atoms with Gasteiger partial charge >= 0.3 is 12.0 Å². The molecule has 0 aromatic heterocycles. The van der Waals surface area contributed by atoms with Crippen LogP contribution in [0.15, 0.2) is 60.7 Å². The van der Waals surface area contributed by atoms with E-state index in [0.29, 0.717) is 31.4 Å². The molecule has 0 aliphatic carbocycles. The molecule has 0 radical (unpaired) electrons. The zero-order valence-corrected chi connectivity index (χ0v) is 26.9. The van der Waals surface area contributed by atoms with Gasteiger partial charge in [-0.2, -0.15) is 0 Å². The first kappa shape index (κ1) is 35.9. The maximum Gasteiger partial charge on any atom is 0.328 e. The number of amides is 4. The first-order valence-corrected chi connectivity index (χ1v) is 15.7. The SMILES string of the molecule is COC(=O)[C@@H](NC(=O)N[C@@H](Cc1cccc(C)c1)C(=O)C[C@H]1CCCCNC(=O)/C=C/[C@H](Cc2ccccc2F)NC1=O)C(C)C. The van der Waals surface area contributed by atoms with Crippen LogP contribution in [-0.2, 0) is 36.8 Å². The number of ether oxygens (including phenoxy) is 1. The molecule has 4 N–H and O–H groups in total. The van der Waals surface area contributed by atoms with Crippen LogP contribution in [-0.4, -0.2) is 61.4 Å². The number of aryl methyl sites for hydroxylation is 1. The summed E-state index contributed by atoms with van der Waals surface area (Å²) in [5, 5.41) is 11.1. The molecule has 0 unspecified atom stereocenters. The predicted octanol–water partition coefficient (Wildman–Crippen LogP) is 3.70. The van der Waals surface area contributed by atoms with Crippen LogP contribution in [0.5, 0.6) is 0 Å². The Morgan fingerprint density at radius 2 is 1.80 bits per heavy atom. The zero-order chi connectivity index (χ0) is 33.6. The van der Waals surface area contributed by atoms with Gasteiger partial charge in [-0.1, -0.05) is 74.4 Å². The van der Waals surface area contributed by atoms with Gasteiger partial charge in [-0.3, -0.25) is 14.4 Å². The van der Waals surface area contributed by atoms with E-state index in [1.165, 1.54) is 25.3 Å². The van der Waals surface area contributed by atoms with E-state index in [1.807, 2.05) is 31.2 Å². The van der Waals surface area contributed by atoms with Crippen molar-refractivity contribution in [1.29, 1.82) is 0 Å². The maximum absolute atomic E-state index is 14.5. The van der Waals surface area contributed by atoms with Crippen molar-refractivity contribution in [2.75, 3.05) is 13.7 Å². The Balaban J connectivity index is 1.83. The molecule has 10 nitrogen and oxygen atoms in total. The Bertz CT molecular complexity index is 1410. The van der Waals surface area contributed by atoms with Crippen molar-refractivity contribution in [3.05, 3.63) is 83.2 Å². The Kier molecular flexibility index (Phi) is 13.9. The Morgan fingerprint density at radius 1 is 1.04 bits per heavy atom. The van der Waals surface area contributed by atoms with Gasteiger partial charge < -0.3 is 26.0 Å². The summed E-state index contributed by atoms with van der Waals surface area (Å²) in [5.41, 5.74) is 2.18. The van der Waals surface area contributed by atoms with E-state index < -0.39 is 47.8 Å². The first-order valence-electron chi connectivity index (χ1n) is 15.7. The molecule has 0 saturated heterocycles. The van der Waals surface area contributed by atoms with Gasteiger partial charge in [0.15, 0.2) is 5.78 Å². The van der Waals surface area contributed by atoms with E-state index in [1.54, 1.807) is 32.0 Å². The maximum atomic E-state index is 14.5. The largest absolute Gasteiger partial charge is 0.467 e. The van der Waals surface area contributed by atoms with Crippen molar-refractivity contribution >= 4 is 29.6 Å². The number of Topliss-reactive ketones (excluding diaryl/α,β-unsaturated/α-hetero) is 1. The minimum Gasteiger partial charge on any atom is -0.467 e. The molecule has 0 fully saturated rings. The molecule has 0 saturated carbocycles. The average molecular weight is 637 g/mol. The van der Waals surface area contributed by atoms with E-state index in [2.05, 4.69) is 21.3 Å². The summed E-state index contributed by atoms with van der Waals surface area (Å²) >= 11 is 0. The summed E-state index contributed by atoms with van der Waals surface area (Å²) in [6.45, 7) is 5.85. The van der Waals surface area contributed by atoms with Crippen molar-refractivity contribution in [3.63, 3.8) is 0 Å². The topological polar surface area (TPSA) is 143 Å². The molecule has 2 aromatic carbocycles. The lowest BCUT2D eigenvalue weighted by molar-refractivity contribution is -0.144. The molecule has 0 bridgehead atoms. The molecule has 3 rings (SSSR count). The van der Waals surface area contributed by atoms with Crippen LogP contribution >= 0.6 is 0 Å². The van der Waals surface area contributed by atoms with E-state index in [0.717, 1.165) is 11.1 Å². The molecule has 11 heteroatoms. The number of carbonyl (C=O) groups is 5. The number of urea groups is 1. The fraction of sp³-hybridized carbons (Fsp3) is 0.457. The highest BCUT2D eigenvalue weighted by Crippen LogP contribution is 2.19. The number of rotatable bonds is 11. The summed E-state index contributed by atoms with van der Waals surface area (Å²) in [7, 11) is 1.24. The van der Waals surface area contributed by atoms with Crippen molar-refractivity contribution in [2.24, 2.45) is 11.8 Å². The number of esters is 1. The van der Waals surface area contributed by atoms with Crippen LogP contribution in [0.4, 0.5) is 9.18 Å². The molecule has 2 aromatic rings. The van der Waals surface area contributed by atoms with Gasteiger partial charge in [0.05, 0.1) is 19.2 Å². The summed E-state index contributed by atoms with van der Waals surface area (Å²) in [6.07, 6.45) is 4.52. The second-order valence-corrected chi connectivity index (χ2v) is 12.0. The number of carbonyl (C=O) groups excluding carboxylic acids is 5. The highest BCUT2D eigenvalue weighted by Gasteiger charge is 2.31. The van der Waals surface area contributed by atoms with Crippen LogP contribution in [0.25, 0.3) is 0 Å². The molecule has 4 amide bonds. The van der Waals surface area contributed by atoms with Crippen LogP contribution < -0.4 is 21.3 Å². The fourth-order valence-electron chi connectivity index (χ4n) is 5.36. The number of benzene rings is 2. The molecule has 1 aliphatic rings. The summed E-state index contributed by atoms with van der Waals surface area (Å²) in [4.78, 5) is 65.2. The normalized spacial score (nSPS) is 19.3. The third-order valence-corrected chi connectivity index (χ3v) is 7.93. The van der Waals surface area contributed by atoms with Gasteiger partial charge in [-0.25, -0.2) is 14.0 Å². The third-order valence-electron chi connectivity index (χ3n) is 7.93. The highest BCUT2D eigenvalue weighted by molar-refractivity contribution is 5.93. The van der Waals surface area contributed by atoms with Gasteiger partial charge in [0.25, 0.3) is 0 Å². The summed E-state index contributed by atoms with van der Waals surface area (Å²) in [6, 6.07) is 10.5. The van der Waals surface area contributed by atoms with Gasteiger partial charge in [-0.05, 0) is 55.7 Å². The van der Waals surface area contributed by atoms with Crippen molar-refractivity contribution in [3.8, 4) is 0 Å². The van der Waals surface area contributed by atoms with E-state index >= 15 is 0 Å². The summed E-state index contributed by atoms with van der Waals surface area (Å²) in [5.74, 6) is -3.09. The minimum atomic E-state index is -0.991. The quantitative estimate of drug-likeness (QED) is 0.277. The van der Waals surface area contributed by atoms with E-state index in [-0.39, 0.29) is 36.9 Å². The monoisotopic (exact) mass is 636 g/mol. The number of ketones is 1. The number of methoxy groups -OCH3 is 1.